The van der Waals surface area contributed by atoms with E-state index >= 15 is 0 Å². The van der Waals surface area contributed by atoms with E-state index in [-0.39, 0.29) is 11.8 Å². The van der Waals surface area contributed by atoms with Gasteiger partial charge in [0.1, 0.15) is 0 Å². The Morgan fingerprint density at radius 2 is 1.43 bits per heavy atom. The minimum atomic E-state index is -0.0681. The number of hydroxylamine groups is 2. The van der Waals surface area contributed by atoms with Crippen LogP contribution < -0.4 is 11.0 Å². The molecule has 9 heteroatoms. The molecule has 7 nitrogen and oxygen atoms in total. The maximum atomic E-state index is 11.2. The number of hydrogen-bond acceptors (Lipinski definition) is 7. The number of carbonyl (C=O) groups is 2. The van der Waals surface area contributed by atoms with Gasteiger partial charge in [-0.1, -0.05) is 12.8 Å². The fraction of sp³-hybridized carbons (Fsp3) is 0.632. The monoisotopic (exact) mass is 429 g/mol. The van der Waals surface area contributed by atoms with Crippen LogP contribution in [-0.2, 0) is 19.3 Å². The topological polar surface area (TPSA) is 89.5 Å². The van der Waals surface area contributed by atoms with Crippen molar-refractivity contribution < 1.29 is 19.3 Å². The molecule has 0 unspecified atom stereocenters. The maximum Gasteiger partial charge on any atom is 0.243 e. The zero-order chi connectivity index (χ0) is 20.5. The zero-order valence-electron chi connectivity index (χ0n) is 16.7. The quantitative estimate of drug-likeness (QED) is 0.235. The molecule has 1 rings (SSSR count). The number of thioether (sulfide) groups is 2. The minimum Gasteiger partial charge on any atom is -0.277 e. The van der Waals surface area contributed by atoms with Crippen LogP contribution in [0.3, 0.4) is 0 Å². The van der Waals surface area contributed by atoms with Gasteiger partial charge in [0.15, 0.2) is 0 Å². The Labute approximate surface area is 176 Å². The van der Waals surface area contributed by atoms with Crippen molar-refractivity contribution in [3.8, 4) is 0 Å². The number of carbonyl (C=O) groups excluding carboxylic acids is 2. The van der Waals surface area contributed by atoms with Crippen LogP contribution in [0.15, 0.2) is 28.3 Å². The molecule has 1 aromatic rings. The predicted molar refractivity (Wildman–Crippen MR) is 113 cm³/mol. The molecule has 1 heterocycles. The fourth-order valence-electron chi connectivity index (χ4n) is 2.36. The second kappa shape index (κ2) is 16.6. The number of pyridine rings is 1. The highest BCUT2D eigenvalue weighted by Gasteiger charge is 2.02. The lowest BCUT2D eigenvalue weighted by molar-refractivity contribution is -0.132. The number of amides is 2. The number of nitrogens with one attached hydrogen (secondary N) is 2. The molecule has 0 atom stereocenters. The van der Waals surface area contributed by atoms with Gasteiger partial charge >= 0.3 is 0 Å². The van der Waals surface area contributed by atoms with Crippen molar-refractivity contribution in [1.82, 2.24) is 15.9 Å². The molecule has 28 heavy (non-hydrogen) atoms. The second-order valence-electron chi connectivity index (χ2n) is 6.11. The fourth-order valence-corrected chi connectivity index (χ4v) is 4.09. The van der Waals surface area contributed by atoms with E-state index in [9.17, 15) is 9.59 Å². The van der Waals surface area contributed by atoms with E-state index < -0.39 is 0 Å². The molecule has 2 amide bonds. The molecular formula is C19H31N3O4S2. The van der Waals surface area contributed by atoms with Gasteiger partial charge in [-0.2, -0.15) is 0 Å². The lowest BCUT2D eigenvalue weighted by Gasteiger charge is -2.05. The van der Waals surface area contributed by atoms with Crippen molar-refractivity contribution in [2.24, 2.45) is 0 Å². The summed E-state index contributed by atoms with van der Waals surface area (Å²) in [5.74, 6) is 1.89. The lowest BCUT2D eigenvalue weighted by Crippen LogP contribution is -2.21. The van der Waals surface area contributed by atoms with Crippen LogP contribution in [-0.4, -0.2) is 42.5 Å². The maximum absolute atomic E-state index is 11.2. The van der Waals surface area contributed by atoms with Crippen LogP contribution in [0.2, 0.25) is 0 Å². The van der Waals surface area contributed by atoms with E-state index in [2.05, 4.69) is 37.8 Å². The van der Waals surface area contributed by atoms with Crippen LogP contribution in [0.25, 0.3) is 0 Å². The summed E-state index contributed by atoms with van der Waals surface area (Å²) >= 11 is 3.54. The molecule has 0 bridgehead atoms. The van der Waals surface area contributed by atoms with Crippen molar-refractivity contribution in [2.75, 3.05) is 25.7 Å². The van der Waals surface area contributed by atoms with Gasteiger partial charge in [0.2, 0.25) is 11.8 Å². The Morgan fingerprint density at radius 3 is 1.93 bits per heavy atom. The van der Waals surface area contributed by atoms with Crippen LogP contribution in [0.1, 0.15) is 51.4 Å². The first-order chi connectivity index (χ1) is 13.7. The third-order valence-corrected chi connectivity index (χ3v) is 5.85. The number of unbranched alkanes of at least 4 members (excludes halogenated alkanes) is 4. The van der Waals surface area contributed by atoms with E-state index in [0.717, 1.165) is 55.1 Å². The molecule has 0 radical (unpaired) electrons. The van der Waals surface area contributed by atoms with Crippen LogP contribution >= 0.6 is 23.5 Å². The van der Waals surface area contributed by atoms with Crippen molar-refractivity contribution >= 4 is 35.3 Å². The summed E-state index contributed by atoms with van der Waals surface area (Å²) in [5.41, 5.74) is 4.65. The Morgan fingerprint density at radius 1 is 0.857 bits per heavy atom. The van der Waals surface area contributed by atoms with E-state index in [1.807, 2.05) is 6.20 Å². The van der Waals surface area contributed by atoms with Gasteiger partial charge in [0.25, 0.3) is 0 Å². The van der Waals surface area contributed by atoms with E-state index in [1.54, 1.807) is 23.5 Å². The number of nitrogens with zero attached hydrogens (tertiary/aromatic N) is 1. The summed E-state index contributed by atoms with van der Waals surface area (Å²) in [7, 11) is 2.89. The molecule has 0 saturated carbocycles. The smallest absolute Gasteiger partial charge is 0.243 e. The van der Waals surface area contributed by atoms with Crippen molar-refractivity contribution in [2.45, 2.75) is 61.3 Å². The highest BCUT2D eigenvalue weighted by atomic mass is 32.2. The van der Waals surface area contributed by atoms with Crippen LogP contribution in [0, 0.1) is 0 Å². The molecule has 0 spiro atoms. The number of aromatic nitrogens is 1. The number of hydrogen-bond donors (Lipinski definition) is 2. The van der Waals surface area contributed by atoms with Gasteiger partial charge in [-0.3, -0.25) is 19.3 Å². The largest absolute Gasteiger partial charge is 0.277 e. The van der Waals surface area contributed by atoms with E-state index in [4.69, 9.17) is 0 Å². The SMILES string of the molecule is CONC(=O)CCCCCSc1ccc(SCCCCCC(=O)NOC)nc1. The lowest BCUT2D eigenvalue weighted by atomic mass is 10.2. The highest BCUT2D eigenvalue weighted by Crippen LogP contribution is 2.23. The first kappa shape index (κ1) is 24.7. The number of rotatable bonds is 16. The minimum absolute atomic E-state index is 0.0657. The molecule has 1 aromatic heterocycles. The Balaban J connectivity index is 2.04. The first-order valence-electron chi connectivity index (χ1n) is 9.51. The van der Waals surface area contributed by atoms with Crippen LogP contribution in [0.5, 0.6) is 0 Å². The second-order valence-corrected chi connectivity index (χ2v) is 8.39. The summed E-state index contributed by atoms with van der Waals surface area (Å²) in [6.07, 6.45) is 8.86. The van der Waals surface area contributed by atoms with E-state index in [1.165, 1.54) is 19.1 Å². The molecule has 158 valence electrons. The molecule has 0 fully saturated rings. The third kappa shape index (κ3) is 13.0. The zero-order valence-corrected chi connectivity index (χ0v) is 18.3. The molecule has 0 aromatic carbocycles. The van der Waals surface area contributed by atoms with Gasteiger partial charge in [0.05, 0.1) is 19.2 Å². The van der Waals surface area contributed by atoms with Gasteiger partial charge in [-0.05, 0) is 49.3 Å². The van der Waals surface area contributed by atoms with Gasteiger partial charge in [-0.15, -0.1) is 23.5 Å². The molecule has 0 aliphatic rings. The standard InChI is InChI=1S/C19H31N3O4S2/c1-25-21-17(23)9-5-3-7-13-27-16-11-12-19(20-15-16)28-14-8-4-6-10-18(24)22-26-2/h11-12,15H,3-10,13-14H2,1-2H3,(H,21,23)(H,22,24). The molecular weight excluding hydrogens is 398 g/mol. The van der Waals surface area contributed by atoms with Crippen molar-refractivity contribution in [3.05, 3.63) is 18.3 Å². The average Bonchev–Trinajstić information content (AvgIpc) is 2.68. The van der Waals surface area contributed by atoms with Gasteiger partial charge in [-0.25, -0.2) is 15.9 Å². The Hall–Kier alpha value is -1.29. The van der Waals surface area contributed by atoms with E-state index in [0.29, 0.717) is 12.8 Å². The summed E-state index contributed by atoms with van der Waals surface area (Å²) in [5, 5.41) is 1.03. The molecule has 0 aliphatic carbocycles. The predicted octanol–water partition coefficient (Wildman–Crippen LogP) is 3.74. The van der Waals surface area contributed by atoms with Crippen molar-refractivity contribution in [3.63, 3.8) is 0 Å². The molecule has 0 saturated heterocycles. The average molecular weight is 430 g/mol. The molecule has 0 aliphatic heterocycles. The highest BCUT2D eigenvalue weighted by molar-refractivity contribution is 7.99. The summed E-state index contributed by atoms with van der Waals surface area (Å²) in [6, 6.07) is 4.18. The summed E-state index contributed by atoms with van der Waals surface area (Å²) in [4.78, 5) is 37.3. The van der Waals surface area contributed by atoms with Gasteiger partial charge in [0, 0.05) is 23.9 Å². The Kier molecular flexibility index (Phi) is 14.7. The molecule has 2 N–H and O–H groups in total. The summed E-state index contributed by atoms with van der Waals surface area (Å²) in [6.45, 7) is 0. The van der Waals surface area contributed by atoms with Crippen LogP contribution in [0.4, 0.5) is 0 Å². The summed E-state index contributed by atoms with van der Waals surface area (Å²) < 4.78 is 0. The normalized spacial score (nSPS) is 10.6. The Bertz CT molecular complexity index is 510. The third-order valence-electron chi connectivity index (χ3n) is 3.76. The van der Waals surface area contributed by atoms with Crippen molar-refractivity contribution in [1.29, 1.82) is 0 Å². The first-order valence-corrected chi connectivity index (χ1v) is 11.5. The van der Waals surface area contributed by atoms with Gasteiger partial charge < -0.3 is 0 Å².